The van der Waals surface area contributed by atoms with Gasteiger partial charge in [0, 0.05) is 5.56 Å². The van der Waals surface area contributed by atoms with Crippen LogP contribution in [0.15, 0.2) is 30.3 Å². The molecule has 1 aromatic rings. The first-order valence-corrected chi connectivity index (χ1v) is 4.57. The molecule has 1 nitrogen and oxygen atoms in total. The van der Waals surface area contributed by atoms with Crippen LogP contribution in [-0.2, 0) is 0 Å². The minimum atomic E-state index is -0.481. The molecule has 0 bridgehead atoms. The molecule has 0 saturated carbocycles. The van der Waals surface area contributed by atoms with Crippen LogP contribution in [0.25, 0.3) is 0 Å². The molecule has 0 amide bonds. The van der Waals surface area contributed by atoms with E-state index in [0.29, 0.717) is 0 Å². The lowest BCUT2D eigenvalue weighted by atomic mass is 10.2. The van der Waals surface area contributed by atoms with Crippen LogP contribution in [0.4, 0.5) is 0 Å². The smallest absolute Gasteiger partial charge is 0.115 e. The van der Waals surface area contributed by atoms with Crippen LogP contribution in [0.1, 0.15) is 25.3 Å². The van der Waals surface area contributed by atoms with E-state index in [1.165, 1.54) is 0 Å². The fourth-order valence-electron chi connectivity index (χ4n) is 1.03. The molecular weight excluding hydrogens is 160 g/mol. The molecule has 0 saturated heterocycles. The van der Waals surface area contributed by atoms with Crippen molar-refractivity contribution in [2.75, 3.05) is 0 Å². The first-order valence-electron chi connectivity index (χ1n) is 4.57. The second kappa shape index (κ2) is 5.40. The Morgan fingerprint density at radius 2 is 2.00 bits per heavy atom. The van der Waals surface area contributed by atoms with E-state index in [-0.39, 0.29) is 0 Å². The first kappa shape index (κ1) is 9.83. The average molecular weight is 174 g/mol. The molecule has 0 aliphatic rings. The summed E-state index contributed by atoms with van der Waals surface area (Å²) in [5.41, 5.74) is 0.956. The van der Waals surface area contributed by atoms with Crippen molar-refractivity contribution in [3.8, 4) is 11.8 Å². The Bertz CT molecular complexity index is 292. The van der Waals surface area contributed by atoms with E-state index < -0.39 is 6.10 Å². The lowest BCUT2D eigenvalue weighted by Crippen LogP contribution is -2.00. The monoisotopic (exact) mass is 174 g/mol. The third-order valence-corrected chi connectivity index (χ3v) is 1.72. The fourth-order valence-corrected chi connectivity index (χ4v) is 1.03. The number of hydrogen-bond donors (Lipinski definition) is 1. The lowest BCUT2D eigenvalue weighted by molar-refractivity contribution is 0.221. The summed E-state index contributed by atoms with van der Waals surface area (Å²) in [6, 6.07) is 9.71. The zero-order valence-corrected chi connectivity index (χ0v) is 7.83. The molecule has 0 aliphatic carbocycles. The largest absolute Gasteiger partial charge is 0.380 e. The van der Waals surface area contributed by atoms with E-state index in [0.717, 1.165) is 18.4 Å². The molecule has 0 radical (unpaired) electrons. The molecule has 13 heavy (non-hydrogen) atoms. The number of rotatable bonds is 2. The quantitative estimate of drug-likeness (QED) is 0.681. The summed E-state index contributed by atoms with van der Waals surface area (Å²) >= 11 is 0. The number of benzene rings is 1. The SMILES string of the molecule is CCC[C@H](O)C#Cc1ccccc1. The molecule has 0 heterocycles. The van der Waals surface area contributed by atoms with Crippen molar-refractivity contribution in [1.82, 2.24) is 0 Å². The molecular formula is C12H14O. The van der Waals surface area contributed by atoms with Crippen molar-refractivity contribution in [3.63, 3.8) is 0 Å². The molecule has 0 aromatic heterocycles. The highest BCUT2D eigenvalue weighted by molar-refractivity contribution is 5.34. The molecule has 1 atom stereocenters. The van der Waals surface area contributed by atoms with E-state index in [2.05, 4.69) is 11.8 Å². The van der Waals surface area contributed by atoms with E-state index in [1.807, 2.05) is 37.3 Å². The van der Waals surface area contributed by atoms with Gasteiger partial charge in [-0.3, -0.25) is 0 Å². The van der Waals surface area contributed by atoms with Gasteiger partial charge in [-0.2, -0.15) is 0 Å². The summed E-state index contributed by atoms with van der Waals surface area (Å²) in [6.07, 6.45) is 1.23. The van der Waals surface area contributed by atoms with Gasteiger partial charge in [0.2, 0.25) is 0 Å². The van der Waals surface area contributed by atoms with Gasteiger partial charge in [-0.1, -0.05) is 43.4 Å². The zero-order chi connectivity index (χ0) is 9.52. The summed E-state index contributed by atoms with van der Waals surface area (Å²) < 4.78 is 0. The third-order valence-electron chi connectivity index (χ3n) is 1.72. The first-order chi connectivity index (χ1) is 6.33. The molecule has 1 aromatic carbocycles. The molecule has 0 aliphatic heterocycles. The predicted octanol–water partition coefficient (Wildman–Crippen LogP) is 2.20. The van der Waals surface area contributed by atoms with Crippen molar-refractivity contribution < 1.29 is 5.11 Å². The highest BCUT2D eigenvalue weighted by Crippen LogP contribution is 1.97. The van der Waals surface area contributed by atoms with Crippen LogP contribution in [0.2, 0.25) is 0 Å². The Hall–Kier alpha value is -1.26. The van der Waals surface area contributed by atoms with Gasteiger partial charge in [0.05, 0.1) is 0 Å². The van der Waals surface area contributed by atoms with Gasteiger partial charge in [-0.05, 0) is 18.6 Å². The summed E-state index contributed by atoms with van der Waals surface area (Å²) in [7, 11) is 0. The average Bonchev–Trinajstić information content (AvgIpc) is 2.17. The van der Waals surface area contributed by atoms with Crippen molar-refractivity contribution in [3.05, 3.63) is 35.9 Å². The van der Waals surface area contributed by atoms with Gasteiger partial charge < -0.3 is 5.11 Å². The van der Waals surface area contributed by atoms with Crippen LogP contribution in [0, 0.1) is 11.8 Å². The minimum absolute atomic E-state index is 0.481. The second-order valence-corrected chi connectivity index (χ2v) is 2.94. The van der Waals surface area contributed by atoms with E-state index in [1.54, 1.807) is 0 Å². The van der Waals surface area contributed by atoms with E-state index >= 15 is 0 Å². The highest BCUT2D eigenvalue weighted by Gasteiger charge is 1.94. The van der Waals surface area contributed by atoms with Gasteiger partial charge in [-0.15, -0.1) is 0 Å². The van der Waals surface area contributed by atoms with Gasteiger partial charge in [-0.25, -0.2) is 0 Å². The third kappa shape index (κ3) is 3.78. The van der Waals surface area contributed by atoms with Crippen LogP contribution >= 0.6 is 0 Å². The van der Waals surface area contributed by atoms with E-state index in [4.69, 9.17) is 0 Å². The predicted molar refractivity (Wildman–Crippen MR) is 54.2 cm³/mol. The molecule has 0 unspecified atom stereocenters. The standard InChI is InChI=1S/C12H14O/c1-2-6-12(13)10-9-11-7-4-3-5-8-11/h3-5,7-8,12-13H,2,6H2,1H3/t12-/m0/s1. The molecule has 1 N–H and O–H groups in total. The maximum absolute atomic E-state index is 9.34. The summed E-state index contributed by atoms with van der Waals surface area (Å²) in [5, 5.41) is 9.34. The Kier molecular flexibility index (Phi) is 4.08. The summed E-state index contributed by atoms with van der Waals surface area (Å²) in [5.74, 6) is 5.73. The zero-order valence-electron chi connectivity index (χ0n) is 7.83. The van der Waals surface area contributed by atoms with Crippen LogP contribution < -0.4 is 0 Å². The van der Waals surface area contributed by atoms with Crippen molar-refractivity contribution in [1.29, 1.82) is 0 Å². The lowest BCUT2D eigenvalue weighted by Gasteiger charge is -1.97. The molecule has 68 valence electrons. The second-order valence-electron chi connectivity index (χ2n) is 2.94. The van der Waals surface area contributed by atoms with Crippen LogP contribution in [-0.4, -0.2) is 11.2 Å². The fraction of sp³-hybridized carbons (Fsp3) is 0.333. The molecule has 0 fully saturated rings. The van der Waals surface area contributed by atoms with Crippen LogP contribution in [0.5, 0.6) is 0 Å². The van der Waals surface area contributed by atoms with Crippen LogP contribution in [0.3, 0.4) is 0 Å². The maximum atomic E-state index is 9.34. The number of hydrogen-bond acceptors (Lipinski definition) is 1. The van der Waals surface area contributed by atoms with Gasteiger partial charge in [0.25, 0.3) is 0 Å². The Labute approximate surface area is 79.4 Å². The molecule has 1 heteroatoms. The van der Waals surface area contributed by atoms with Crippen molar-refractivity contribution in [2.24, 2.45) is 0 Å². The number of aliphatic hydroxyl groups excluding tert-OH is 1. The Morgan fingerprint density at radius 1 is 1.31 bits per heavy atom. The van der Waals surface area contributed by atoms with Gasteiger partial charge in [0.15, 0.2) is 0 Å². The molecule has 0 spiro atoms. The number of aliphatic hydroxyl groups is 1. The topological polar surface area (TPSA) is 20.2 Å². The maximum Gasteiger partial charge on any atom is 0.115 e. The summed E-state index contributed by atoms with van der Waals surface area (Å²) in [6.45, 7) is 2.04. The van der Waals surface area contributed by atoms with Crippen molar-refractivity contribution in [2.45, 2.75) is 25.9 Å². The summed E-state index contributed by atoms with van der Waals surface area (Å²) in [4.78, 5) is 0. The highest BCUT2D eigenvalue weighted by atomic mass is 16.3. The van der Waals surface area contributed by atoms with Gasteiger partial charge in [0.1, 0.15) is 6.10 Å². The normalized spacial score (nSPS) is 11.5. The molecule has 1 rings (SSSR count). The Morgan fingerprint density at radius 3 is 2.62 bits per heavy atom. The van der Waals surface area contributed by atoms with Crippen molar-refractivity contribution >= 4 is 0 Å². The Balaban J connectivity index is 2.57. The van der Waals surface area contributed by atoms with E-state index in [9.17, 15) is 5.11 Å². The minimum Gasteiger partial charge on any atom is -0.380 e. The van der Waals surface area contributed by atoms with Gasteiger partial charge >= 0.3 is 0 Å².